The third kappa shape index (κ3) is 5.07. The van der Waals surface area contributed by atoms with Crippen molar-refractivity contribution in [1.29, 1.82) is 5.26 Å². The van der Waals surface area contributed by atoms with Crippen LogP contribution in [0.5, 0.6) is 0 Å². The van der Waals surface area contributed by atoms with Gasteiger partial charge in [-0.3, -0.25) is 9.59 Å². The number of halogens is 5. The number of likely N-dealkylation sites (tertiary alicyclic amines) is 1. The van der Waals surface area contributed by atoms with Crippen LogP contribution in [-0.2, 0) is 17.5 Å². The lowest BCUT2D eigenvalue weighted by Crippen LogP contribution is -2.42. The Morgan fingerprint density at radius 1 is 1.28 bits per heavy atom. The molecule has 0 unspecified atom stereocenters. The fourth-order valence-corrected chi connectivity index (χ4v) is 3.58. The summed E-state index contributed by atoms with van der Waals surface area (Å²) in [5, 5.41) is 11.3. The van der Waals surface area contributed by atoms with Crippen molar-refractivity contribution in [3.05, 3.63) is 58.9 Å². The zero-order valence-corrected chi connectivity index (χ0v) is 16.9. The van der Waals surface area contributed by atoms with Gasteiger partial charge in [0.1, 0.15) is 6.04 Å². The van der Waals surface area contributed by atoms with Crippen molar-refractivity contribution in [3.8, 4) is 6.07 Å². The molecule has 1 atom stereocenters. The minimum Gasteiger partial charge on any atom is -0.347 e. The summed E-state index contributed by atoms with van der Waals surface area (Å²) in [7, 11) is 0. The third-order valence-corrected chi connectivity index (χ3v) is 5.18. The van der Waals surface area contributed by atoms with E-state index in [2.05, 4.69) is 5.32 Å². The predicted molar refractivity (Wildman–Crippen MR) is 103 cm³/mol. The van der Waals surface area contributed by atoms with Gasteiger partial charge in [0.2, 0.25) is 5.91 Å². The highest BCUT2D eigenvalue weighted by molar-refractivity contribution is 5.96. The number of nitriles is 1. The second-order valence-corrected chi connectivity index (χ2v) is 7.56. The smallest absolute Gasteiger partial charge is 0.347 e. The van der Waals surface area contributed by atoms with Gasteiger partial charge in [-0.2, -0.15) is 18.4 Å². The van der Waals surface area contributed by atoms with Crippen molar-refractivity contribution in [2.24, 2.45) is 0 Å². The fourth-order valence-electron chi connectivity index (χ4n) is 3.58. The molecular formula is C21H19F5N4O2. The number of benzene rings is 1. The van der Waals surface area contributed by atoms with Gasteiger partial charge in [0.25, 0.3) is 11.8 Å². The first kappa shape index (κ1) is 23.2. The van der Waals surface area contributed by atoms with E-state index in [1.807, 2.05) is 0 Å². The maximum Gasteiger partial charge on any atom is 0.416 e. The van der Waals surface area contributed by atoms with Gasteiger partial charge in [0.05, 0.1) is 30.3 Å². The lowest BCUT2D eigenvalue weighted by atomic mass is 10.1. The topological polar surface area (TPSA) is 78.1 Å². The molecule has 6 nitrogen and oxygen atoms in total. The first-order valence-corrected chi connectivity index (χ1v) is 9.58. The minimum absolute atomic E-state index is 0.0262. The normalized spacial score (nSPS) is 17.8. The third-order valence-electron chi connectivity index (χ3n) is 5.18. The molecule has 3 rings (SSSR count). The van der Waals surface area contributed by atoms with Crippen LogP contribution in [0.25, 0.3) is 0 Å². The Hall–Kier alpha value is -3.42. The maximum absolute atomic E-state index is 13.5. The van der Waals surface area contributed by atoms with Crippen molar-refractivity contribution in [1.82, 2.24) is 14.8 Å². The van der Waals surface area contributed by atoms with Crippen molar-refractivity contribution < 1.29 is 31.5 Å². The molecule has 1 aliphatic rings. The highest BCUT2D eigenvalue weighted by atomic mass is 19.4. The van der Waals surface area contributed by atoms with Gasteiger partial charge >= 0.3 is 6.18 Å². The van der Waals surface area contributed by atoms with E-state index in [-0.39, 0.29) is 17.7 Å². The summed E-state index contributed by atoms with van der Waals surface area (Å²) < 4.78 is 68.1. The lowest BCUT2D eigenvalue weighted by molar-refractivity contribution is -0.138. The number of nitrogens with zero attached hydrogens (tertiary/aromatic N) is 3. The molecule has 0 spiro atoms. The molecule has 2 amide bonds. The van der Waals surface area contributed by atoms with Crippen LogP contribution in [0.4, 0.5) is 22.0 Å². The van der Waals surface area contributed by atoms with Crippen molar-refractivity contribution in [3.63, 3.8) is 0 Å². The largest absolute Gasteiger partial charge is 0.416 e. The number of hydrogen-bond acceptors (Lipinski definition) is 3. The van der Waals surface area contributed by atoms with E-state index in [0.717, 1.165) is 11.0 Å². The molecule has 0 radical (unpaired) electrons. The van der Waals surface area contributed by atoms with Crippen LogP contribution in [0.3, 0.4) is 0 Å². The molecule has 2 aromatic rings. The van der Waals surface area contributed by atoms with Crippen molar-refractivity contribution in [2.45, 2.75) is 38.0 Å². The number of rotatable bonds is 5. The summed E-state index contributed by atoms with van der Waals surface area (Å²) in [6.45, 7) is 0.00462. The number of amides is 2. The van der Waals surface area contributed by atoms with Crippen LogP contribution >= 0.6 is 0 Å². The van der Waals surface area contributed by atoms with Gasteiger partial charge in [0.15, 0.2) is 0 Å². The van der Waals surface area contributed by atoms with Crippen LogP contribution < -0.4 is 5.32 Å². The summed E-state index contributed by atoms with van der Waals surface area (Å²) >= 11 is 0. The van der Waals surface area contributed by atoms with E-state index in [0.29, 0.717) is 5.69 Å². The Labute approximate surface area is 180 Å². The summed E-state index contributed by atoms with van der Waals surface area (Å²) in [6.07, 6.45) is -3.93. The molecule has 32 heavy (non-hydrogen) atoms. The Morgan fingerprint density at radius 2 is 1.97 bits per heavy atom. The molecule has 2 heterocycles. The Kier molecular flexibility index (Phi) is 6.25. The molecule has 0 aliphatic carbocycles. The molecule has 1 aliphatic heterocycles. The fraction of sp³-hybridized carbons (Fsp3) is 0.381. The lowest BCUT2D eigenvalue weighted by Gasteiger charge is -2.19. The van der Waals surface area contributed by atoms with E-state index in [1.165, 1.54) is 35.0 Å². The van der Waals surface area contributed by atoms with E-state index < -0.39 is 55.0 Å². The standard InChI is InChI=1S/C21H19F5N4O2/c1-13-6-15(11-29(13)10-14-4-2-3-5-17(14)21(24,25)26)19(32)28-9-18(31)30-12-20(22,23)7-16(30)8-27/h2-6,11,16H,7,9-10,12H2,1H3,(H,28,32)/t16-/m0/s1. The van der Waals surface area contributed by atoms with Crippen LogP contribution in [0.15, 0.2) is 36.5 Å². The summed E-state index contributed by atoms with van der Waals surface area (Å²) in [5.74, 6) is -4.68. The molecule has 1 fully saturated rings. The number of nitrogens with one attached hydrogen (secondary N) is 1. The molecule has 11 heteroatoms. The van der Waals surface area contributed by atoms with Gasteiger partial charge < -0.3 is 14.8 Å². The first-order valence-electron chi connectivity index (χ1n) is 9.58. The zero-order chi connectivity index (χ0) is 23.7. The van der Waals surface area contributed by atoms with Gasteiger partial charge in [0, 0.05) is 24.9 Å². The van der Waals surface area contributed by atoms with E-state index >= 15 is 0 Å². The monoisotopic (exact) mass is 454 g/mol. The SMILES string of the molecule is Cc1cc(C(=O)NCC(=O)N2CC(F)(F)C[C@H]2C#N)cn1Cc1ccccc1C(F)(F)F. The van der Waals surface area contributed by atoms with Crippen LogP contribution in [-0.4, -0.2) is 46.3 Å². The van der Waals surface area contributed by atoms with Gasteiger partial charge in [-0.05, 0) is 24.6 Å². The Morgan fingerprint density at radius 3 is 2.62 bits per heavy atom. The second-order valence-electron chi connectivity index (χ2n) is 7.56. The van der Waals surface area contributed by atoms with E-state index in [9.17, 15) is 31.5 Å². The molecule has 1 saturated heterocycles. The summed E-state index contributed by atoms with van der Waals surface area (Å²) in [6, 6.07) is 6.91. The highest BCUT2D eigenvalue weighted by Gasteiger charge is 2.47. The van der Waals surface area contributed by atoms with Gasteiger partial charge in [-0.15, -0.1) is 0 Å². The number of aryl methyl sites for hydroxylation is 1. The molecule has 0 saturated carbocycles. The zero-order valence-electron chi connectivity index (χ0n) is 16.9. The number of hydrogen-bond donors (Lipinski definition) is 1. The number of aromatic nitrogens is 1. The average Bonchev–Trinajstić information content (AvgIpc) is 3.24. The van der Waals surface area contributed by atoms with Gasteiger partial charge in [-0.1, -0.05) is 18.2 Å². The molecule has 170 valence electrons. The highest BCUT2D eigenvalue weighted by Crippen LogP contribution is 2.33. The summed E-state index contributed by atoms with van der Waals surface area (Å²) in [5.41, 5.74) is -0.136. The van der Waals surface area contributed by atoms with E-state index in [1.54, 1.807) is 13.0 Å². The van der Waals surface area contributed by atoms with Gasteiger partial charge in [-0.25, -0.2) is 8.78 Å². The minimum atomic E-state index is -4.52. The van der Waals surface area contributed by atoms with E-state index in [4.69, 9.17) is 5.26 Å². The summed E-state index contributed by atoms with van der Waals surface area (Å²) in [4.78, 5) is 25.3. The molecular weight excluding hydrogens is 435 g/mol. The molecule has 1 N–H and O–H groups in total. The second kappa shape index (κ2) is 8.61. The predicted octanol–water partition coefficient (Wildman–Crippen LogP) is 3.35. The van der Waals surface area contributed by atoms with Crippen LogP contribution in [0, 0.1) is 18.3 Å². The van der Waals surface area contributed by atoms with Crippen LogP contribution in [0.1, 0.15) is 33.6 Å². The number of carbonyl (C=O) groups excluding carboxylic acids is 2. The first-order chi connectivity index (χ1) is 14.9. The quantitative estimate of drug-likeness (QED) is 0.704. The molecule has 0 bridgehead atoms. The Balaban J connectivity index is 1.67. The van der Waals surface area contributed by atoms with Crippen molar-refractivity contribution in [2.75, 3.05) is 13.1 Å². The number of alkyl halides is 5. The van der Waals surface area contributed by atoms with Crippen molar-refractivity contribution >= 4 is 11.8 Å². The van der Waals surface area contributed by atoms with Crippen LogP contribution in [0.2, 0.25) is 0 Å². The average molecular weight is 454 g/mol. The number of carbonyl (C=O) groups is 2. The molecule has 1 aromatic heterocycles. The Bertz CT molecular complexity index is 1070. The molecule has 1 aromatic carbocycles. The maximum atomic E-state index is 13.5.